The monoisotopic (exact) mass is 354 g/mol. The smallest absolute Gasteiger partial charge is 0.169 e. The van der Waals surface area contributed by atoms with Crippen LogP contribution in [-0.2, 0) is 0 Å². The van der Waals surface area contributed by atoms with Crippen LogP contribution in [0.3, 0.4) is 0 Å². The summed E-state index contributed by atoms with van der Waals surface area (Å²) in [5.41, 5.74) is 0. The lowest BCUT2D eigenvalue weighted by atomic mass is 10.3. The highest BCUT2D eigenvalue weighted by molar-refractivity contribution is 9.11. The molecule has 0 aliphatic heterocycles. The van der Waals surface area contributed by atoms with Crippen molar-refractivity contribution in [2.45, 2.75) is 5.38 Å². The molecule has 1 atom stereocenters. The molecule has 0 amide bonds. The Morgan fingerprint density at radius 3 is 2.50 bits per heavy atom. The van der Waals surface area contributed by atoms with Crippen LogP contribution in [0, 0.1) is 0 Å². The average Bonchev–Trinajstić information content (AvgIpc) is 2.73. The van der Waals surface area contributed by atoms with Crippen LogP contribution in [0.1, 0.15) is 16.0 Å². The number of alkyl halides is 1. The summed E-state index contributed by atoms with van der Waals surface area (Å²) in [4.78, 5) is 1.07. The van der Waals surface area contributed by atoms with E-state index in [2.05, 4.69) is 31.9 Å². The molecule has 2 rings (SSSR count). The summed E-state index contributed by atoms with van der Waals surface area (Å²) >= 11 is 14.5. The lowest BCUT2D eigenvalue weighted by molar-refractivity contribution is 0.495. The highest BCUT2D eigenvalue weighted by Gasteiger charge is 2.16. The molecule has 0 saturated heterocycles. The number of hydrogen-bond donors (Lipinski definition) is 0. The van der Waals surface area contributed by atoms with Crippen molar-refractivity contribution in [2.75, 3.05) is 0 Å². The molecule has 0 saturated carbocycles. The normalized spacial score (nSPS) is 13.1. The van der Waals surface area contributed by atoms with Crippen LogP contribution in [0.2, 0.25) is 0 Å². The van der Waals surface area contributed by atoms with Gasteiger partial charge in [-0.3, -0.25) is 0 Å². The molecule has 1 nitrogen and oxygen atoms in total. The van der Waals surface area contributed by atoms with Gasteiger partial charge in [0.15, 0.2) is 4.67 Å². The SMILES string of the molecule is ClC(c1ccc(Br)o1)c1ccc(Br)s1. The van der Waals surface area contributed by atoms with Crippen LogP contribution in [0.4, 0.5) is 0 Å². The van der Waals surface area contributed by atoms with Crippen LogP contribution >= 0.6 is 54.8 Å². The van der Waals surface area contributed by atoms with E-state index in [0.717, 1.165) is 14.4 Å². The van der Waals surface area contributed by atoms with E-state index in [1.807, 2.05) is 24.3 Å². The average molecular weight is 356 g/mol. The summed E-state index contributed by atoms with van der Waals surface area (Å²) in [6.07, 6.45) is 0. The molecule has 2 aromatic rings. The van der Waals surface area contributed by atoms with E-state index in [0.29, 0.717) is 4.67 Å². The van der Waals surface area contributed by atoms with Gasteiger partial charge in [0.2, 0.25) is 0 Å². The van der Waals surface area contributed by atoms with Crippen molar-refractivity contribution >= 4 is 54.8 Å². The third-order valence-electron chi connectivity index (χ3n) is 1.69. The van der Waals surface area contributed by atoms with E-state index in [4.69, 9.17) is 16.0 Å². The van der Waals surface area contributed by atoms with Gasteiger partial charge >= 0.3 is 0 Å². The lowest BCUT2D eigenvalue weighted by Crippen LogP contribution is -1.85. The lowest BCUT2D eigenvalue weighted by Gasteiger charge is -2.01. The molecular weight excluding hydrogens is 351 g/mol. The minimum absolute atomic E-state index is 0.211. The highest BCUT2D eigenvalue weighted by atomic mass is 79.9. The third kappa shape index (κ3) is 2.24. The number of thiophene rings is 1. The first-order valence-corrected chi connectivity index (χ1v) is 6.65. The Bertz CT molecular complexity index is 397. The van der Waals surface area contributed by atoms with Crippen molar-refractivity contribution in [3.8, 4) is 0 Å². The standard InChI is InChI=1S/C9H5Br2ClOS/c10-7-3-1-5(13-7)9(12)6-2-4-8(11)14-6/h1-4,9H. The third-order valence-corrected chi connectivity index (χ3v) is 4.38. The summed E-state index contributed by atoms with van der Waals surface area (Å²) in [5.74, 6) is 0.757. The van der Waals surface area contributed by atoms with Crippen LogP contribution in [0.25, 0.3) is 0 Å². The van der Waals surface area contributed by atoms with Gasteiger partial charge in [-0.15, -0.1) is 22.9 Å². The van der Waals surface area contributed by atoms with Gasteiger partial charge in [-0.05, 0) is 56.1 Å². The van der Waals surface area contributed by atoms with Crippen LogP contribution in [0.5, 0.6) is 0 Å². The van der Waals surface area contributed by atoms with E-state index in [9.17, 15) is 0 Å². The first kappa shape index (κ1) is 10.7. The maximum atomic E-state index is 6.23. The molecule has 0 aliphatic rings. The molecule has 2 aromatic heterocycles. The Kier molecular flexibility index (Phi) is 3.37. The molecule has 74 valence electrons. The Morgan fingerprint density at radius 1 is 1.21 bits per heavy atom. The van der Waals surface area contributed by atoms with E-state index < -0.39 is 0 Å². The number of hydrogen-bond acceptors (Lipinski definition) is 2. The van der Waals surface area contributed by atoms with Crippen molar-refractivity contribution in [1.82, 2.24) is 0 Å². The highest BCUT2D eigenvalue weighted by Crippen LogP contribution is 2.36. The van der Waals surface area contributed by atoms with Crippen LogP contribution < -0.4 is 0 Å². The van der Waals surface area contributed by atoms with Crippen molar-refractivity contribution < 1.29 is 4.42 Å². The summed E-state index contributed by atoms with van der Waals surface area (Å²) in [6.45, 7) is 0. The van der Waals surface area contributed by atoms with E-state index in [1.54, 1.807) is 11.3 Å². The van der Waals surface area contributed by atoms with Gasteiger partial charge in [-0.25, -0.2) is 0 Å². The quantitative estimate of drug-likeness (QED) is 0.675. The van der Waals surface area contributed by atoms with Gasteiger partial charge < -0.3 is 4.42 Å². The van der Waals surface area contributed by atoms with Crippen molar-refractivity contribution in [2.24, 2.45) is 0 Å². The second-order valence-electron chi connectivity index (χ2n) is 2.65. The second kappa shape index (κ2) is 4.39. The molecule has 0 fully saturated rings. The molecule has 0 aliphatic carbocycles. The fourth-order valence-corrected chi connectivity index (χ4v) is 3.12. The first-order valence-electron chi connectivity index (χ1n) is 3.81. The maximum absolute atomic E-state index is 6.23. The molecular formula is C9H5Br2ClOS. The minimum atomic E-state index is -0.211. The molecule has 0 N–H and O–H groups in total. The van der Waals surface area contributed by atoms with Crippen molar-refractivity contribution in [1.29, 1.82) is 0 Å². The van der Waals surface area contributed by atoms with Gasteiger partial charge in [0.25, 0.3) is 0 Å². The Hall–Kier alpha value is 0.230. The largest absolute Gasteiger partial charge is 0.452 e. The Labute approximate surface area is 107 Å². The fraction of sp³-hybridized carbons (Fsp3) is 0.111. The second-order valence-corrected chi connectivity index (χ2v) is 6.36. The van der Waals surface area contributed by atoms with E-state index in [-0.39, 0.29) is 5.38 Å². The van der Waals surface area contributed by atoms with Crippen molar-refractivity contribution in [3.63, 3.8) is 0 Å². The van der Waals surface area contributed by atoms with Crippen LogP contribution in [0.15, 0.2) is 37.1 Å². The summed E-state index contributed by atoms with van der Waals surface area (Å²) in [5, 5.41) is -0.211. The van der Waals surface area contributed by atoms with Gasteiger partial charge in [0, 0.05) is 4.88 Å². The fourth-order valence-electron chi connectivity index (χ4n) is 1.07. The number of rotatable bonds is 2. The van der Waals surface area contributed by atoms with Crippen molar-refractivity contribution in [3.05, 3.63) is 43.4 Å². The maximum Gasteiger partial charge on any atom is 0.169 e. The molecule has 0 radical (unpaired) electrons. The predicted octanol–water partition coefficient (Wildman–Crippen LogP) is 5.19. The molecule has 1 unspecified atom stereocenters. The topological polar surface area (TPSA) is 13.1 Å². The summed E-state index contributed by atoms with van der Waals surface area (Å²) in [6, 6.07) is 7.68. The molecule has 14 heavy (non-hydrogen) atoms. The first-order chi connectivity index (χ1) is 6.66. The van der Waals surface area contributed by atoms with Gasteiger partial charge in [0.05, 0.1) is 3.79 Å². The molecule has 5 heteroatoms. The zero-order chi connectivity index (χ0) is 10.1. The van der Waals surface area contributed by atoms with Gasteiger partial charge in [-0.2, -0.15) is 0 Å². The summed E-state index contributed by atoms with van der Waals surface area (Å²) < 4.78 is 7.16. The Morgan fingerprint density at radius 2 is 2.00 bits per heavy atom. The van der Waals surface area contributed by atoms with Gasteiger partial charge in [-0.1, -0.05) is 0 Å². The summed E-state index contributed by atoms with van der Waals surface area (Å²) in [7, 11) is 0. The van der Waals surface area contributed by atoms with E-state index in [1.165, 1.54) is 0 Å². The molecule has 2 heterocycles. The number of furan rings is 1. The van der Waals surface area contributed by atoms with Gasteiger partial charge in [0.1, 0.15) is 11.1 Å². The predicted molar refractivity (Wildman–Crippen MR) is 66.1 cm³/mol. The van der Waals surface area contributed by atoms with Crippen LogP contribution in [-0.4, -0.2) is 0 Å². The molecule has 0 aromatic carbocycles. The van der Waals surface area contributed by atoms with E-state index >= 15 is 0 Å². The Balaban J connectivity index is 2.28. The zero-order valence-corrected chi connectivity index (χ0v) is 11.6. The number of halogens is 3. The molecule has 0 spiro atoms. The minimum Gasteiger partial charge on any atom is -0.452 e. The molecule has 0 bridgehead atoms. The zero-order valence-electron chi connectivity index (χ0n) is 6.84.